The number of esters is 1. The molecule has 1 heterocycles. The SMILES string of the molecule is C[N+]1(CCOC(=O)c2cc(F)ccc2F)CC[C@@H](C(C(=N)[O-])(c2ccccc2)c2ccccc2)C1. The van der Waals surface area contributed by atoms with Gasteiger partial charge in [-0.1, -0.05) is 60.7 Å². The number of likely N-dealkylation sites (N-methyl/N-ethyl adjacent to an activating group) is 1. The van der Waals surface area contributed by atoms with Crippen LogP contribution in [-0.4, -0.2) is 49.6 Å². The van der Waals surface area contributed by atoms with Crippen LogP contribution in [0.15, 0.2) is 78.9 Å². The number of carbonyl (C=O) groups excluding carboxylic acids is 1. The maximum Gasteiger partial charge on any atom is 0.341 e. The monoisotopic (exact) mass is 478 g/mol. The first-order valence-electron chi connectivity index (χ1n) is 11.6. The highest BCUT2D eigenvalue weighted by atomic mass is 19.1. The molecule has 0 spiro atoms. The molecule has 4 rings (SSSR count). The van der Waals surface area contributed by atoms with Crippen LogP contribution in [0.4, 0.5) is 8.78 Å². The molecule has 2 atom stereocenters. The molecular formula is C28H28F2N2O3. The fourth-order valence-electron chi connectivity index (χ4n) is 5.32. The molecule has 3 aromatic carbocycles. The van der Waals surface area contributed by atoms with Crippen LogP contribution in [0.1, 0.15) is 27.9 Å². The Morgan fingerprint density at radius 1 is 1.06 bits per heavy atom. The summed E-state index contributed by atoms with van der Waals surface area (Å²) < 4.78 is 33.1. The lowest BCUT2D eigenvalue weighted by Crippen LogP contribution is -2.52. The number of ether oxygens (including phenoxy) is 1. The Kier molecular flexibility index (Phi) is 6.98. The number of benzene rings is 3. The molecular weight excluding hydrogens is 450 g/mol. The van der Waals surface area contributed by atoms with Gasteiger partial charge in [0, 0.05) is 12.3 Å². The molecule has 1 aliphatic rings. The summed E-state index contributed by atoms with van der Waals surface area (Å²) in [7, 11) is 2.02. The first-order chi connectivity index (χ1) is 16.8. The summed E-state index contributed by atoms with van der Waals surface area (Å²) in [5, 5.41) is 21.5. The summed E-state index contributed by atoms with van der Waals surface area (Å²) in [4.78, 5) is 12.3. The van der Waals surface area contributed by atoms with Crippen molar-refractivity contribution in [3.05, 3.63) is 107 Å². The second-order valence-electron chi connectivity index (χ2n) is 9.36. The summed E-state index contributed by atoms with van der Waals surface area (Å²) in [6, 6.07) is 21.6. The van der Waals surface area contributed by atoms with Crippen molar-refractivity contribution >= 4 is 11.9 Å². The quantitative estimate of drug-likeness (QED) is 0.231. The maximum atomic E-state index is 13.9. The summed E-state index contributed by atoms with van der Waals surface area (Å²) in [5.41, 5.74) is 0.0362. The van der Waals surface area contributed by atoms with Crippen LogP contribution in [-0.2, 0) is 10.2 Å². The van der Waals surface area contributed by atoms with E-state index in [-0.39, 0.29) is 12.5 Å². The molecule has 5 nitrogen and oxygen atoms in total. The van der Waals surface area contributed by atoms with Gasteiger partial charge in [-0.05, 0) is 35.2 Å². The van der Waals surface area contributed by atoms with Crippen LogP contribution in [0.2, 0.25) is 0 Å². The van der Waals surface area contributed by atoms with E-state index in [1.807, 2.05) is 67.7 Å². The van der Waals surface area contributed by atoms with Crippen molar-refractivity contribution in [1.29, 1.82) is 5.41 Å². The van der Waals surface area contributed by atoms with Crippen LogP contribution < -0.4 is 5.11 Å². The number of halogens is 2. The first kappa shape index (κ1) is 24.5. The number of rotatable bonds is 8. The highest BCUT2D eigenvalue weighted by Crippen LogP contribution is 2.44. The second-order valence-corrected chi connectivity index (χ2v) is 9.36. The molecule has 0 aromatic heterocycles. The van der Waals surface area contributed by atoms with Crippen LogP contribution in [0, 0.1) is 23.0 Å². The minimum atomic E-state index is -1.11. The lowest BCUT2D eigenvalue weighted by Gasteiger charge is -2.43. The zero-order valence-electron chi connectivity index (χ0n) is 19.5. The molecule has 0 radical (unpaired) electrons. The maximum absolute atomic E-state index is 13.9. The molecule has 0 bridgehead atoms. The number of carbonyl (C=O) groups is 1. The summed E-state index contributed by atoms with van der Waals surface area (Å²) in [5.74, 6) is -3.24. The van der Waals surface area contributed by atoms with Gasteiger partial charge in [0.25, 0.3) is 0 Å². The van der Waals surface area contributed by atoms with E-state index in [1.54, 1.807) is 0 Å². The van der Waals surface area contributed by atoms with Crippen molar-refractivity contribution in [3.8, 4) is 0 Å². The van der Waals surface area contributed by atoms with Crippen LogP contribution in [0.25, 0.3) is 0 Å². The molecule has 35 heavy (non-hydrogen) atoms. The van der Waals surface area contributed by atoms with Crippen LogP contribution in [0.5, 0.6) is 0 Å². The molecule has 3 aromatic rings. The number of likely N-dealkylation sites (tertiary alicyclic amines) is 1. The topological polar surface area (TPSA) is 73.2 Å². The van der Waals surface area contributed by atoms with Crippen molar-refractivity contribution in [1.82, 2.24) is 0 Å². The standard InChI is InChI=1S/C28H28F2N2O3/c1-32(16-17-35-26(33)24-18-23(29)12-13-25(24)30)15-14-22(19-32)28(27(31)34,20-8-4-2-5-9-20)21-10-6-3-7-11-21/h2-13,18,22H,14-17,19H2,1H3,(H-,31,34)/t22-,32?/m1/s1. The van der Waals surface area contributed by atoms with Crippen LogP contribution >= 0.6 is 0 Å². The average molecular weight is 479 g/mol. The van der Waals surface area contributed by atoms with Crippen molar-refractivity contribution in [3.63, 3.8) is 0 Å². The van der Waals surface area contributed by atoms with E-state index in [0.717, 1.165) is 35.9 Å². The molecule has 1 saturated heterocycles. The molecule has 0 saturated carbocycles. The van der Waals surface area contributed by atoms with E-state index >= 15 is 0 Å². The van der Waals surface area contributed by atoms with E-state index in [4.69, 9.17) is 10.1 Å². The first-order valence-corrected chi connectivity index (χ1v) is 11.6. The van der Waals surface area contributed by atoms with Gasteiger partial charge in [0.2, 0.25) is 0 Å². The second kappa shape index (κ2) is 9.96. The molecule has 1 fully saturated rings. The number of hydrogen-bond donors (Lipinski definition) is 1. The fourth-order valence-corrected chi connectivity index (χ4v) is 5.32. The highest BCUT2D eigenvalue weighted by Gasteiger charge is 2.49. The molecule has 182 valence electrons. The van der Waals surface area contributed by atoms with Gasteiger partial charge in [0.05, 0.1) is 31.1 Å². The number of nitrogens with zero attached hydrogens (tertiary/aromatic N) is 1. The Balaban J connectivity index is 1.54. The van der Waals surface area contributed by atoms with Crippen LogP contribution in [0.3, 0.4) is 0 Å². The molecule has 7 heteroatoms. The normalized spacial score (nSPS) is 19.9. The molecule has 0 amide bonds. The van der Waals surface area contributed by atoms with Gasteiger partial charge in [-0.15, -0.1) is 0 Å². The van der Waals surface area contributed by atoms with Gasteiger partial charge in [0.15, 0.2) is 0 Å². The third kappa shape index (κ3) is 4.82. The van der Waals surface area contributed by atoms with Crippen molar-refractivity contribution in [2.45, 2.75) is 11.8 Å². The zero-order valence-corrected chi connectivity index (χ0v) is 19.5. The zero-order chi connectivity index (χ0) is 25.1. The lowest BCUT2D eigenvalue weighted by molar-refractivity contribution is -0.899. The average Bonchev–Trinajstić information content (AvgIpc) is 3.24. The highest BCUT2D eigenvalue weighted by molar-refractivity contribution is 5.89. The predicted octanol–water partition coefficient (Wildman–Crippen LogP) is 3.91. The Morgan fingerprint density at radius 3 is 2.23 bits per heavy atom. The summed E-state index contributed by atoms with van der Waals surface area (Å²) >= 11 is 0. The number of hydrogen-bond acceptors (Lipinski definition) is 4. The van der Waals surface area contributed by atoms with Gasteiger partial charge in [-0.25, -0.2) is 13.6 Å². The van der Waals surface area contributed by atoms with E-state index < -0.39 is 34.5 Å². The Hall–Kier alpha value is -3.58. The predicted molar refractivity (Wildman–Crippen MR) is 127 cm³/mol. The third-order valence-electron chi connectivity index (χ3n) is 7.12. The smallest absolute Gasteiger partial charge is 0.341 e. The Labute approximate surface area is 203 Å². The summed E-state index contributed by atoms with van der Waals surface area (Å²) in [6.45, 7) is 1.80. The Morgan fingerprint density at radius 2 is 1.66 bits per heavy atom. The van der Waals surface area contributed by atoms with E-state index in [2.05, 4.69) is 0 Å². The van der Waals surface area contributed by atoms with Gasteiger partial charge in [-0.3, -0.25) is 0 Å². The Bertz CT molecular complexity index is 1160. The minimum Gasteiger partial charge on any atom is -0.861 e. The van der Waals surface area contributed by atoms with Gasteiger partial charge < -0.3 is 19.7 Å². The van der Waals surface area contributed by atoms with E-state index in [0.29, 0.717) is 24.0 Å². The number of nitrogens with one attached hydrogen (secondary N) is 1. The summed E-state index contributed by atoms with van der Waals surface area (Å²) in [6.07, 6.45) is 0.706. The fraction of sp³-hybridized carbons (Fsp3) is 0.286. The third-order valence-corrected chi connectivity index (χ3v) is 7.12. The van der Waals surface area contributed by atoms with E-state index in [9.17, 15) is 18.7 Å². The minimum absolute atomic E-state index is 0.0243. The van der Waals surface area contributed by atoms with E-state index in [1.165, 1.54) is 0 Å². The van der Waals surface area contributed by atoms with Crippen molar-refractivity contribution in [2.75, 3.05) is 33.3 Å². The molecule has 1 N–H and O–H groups in total. The largest absolute Gasteiger partial charge is 0.861 e. The van der Waals surface area contributed by atoms with Gasteiger partial charge in [-0.2, -0.15) is 0 Å². The lowest BCUT2D eigenvalue weighted by atomic mass is 9.65. The van der Waals surface area contributed by atoms with Gasteiger partial charge in [0.1, 0.15) is 24.8 Å². The van der Waals surface area contributed by atoms with Crippen molar-refractivity contribution < 1.29 is 27.9 Å². The molecule has 1 unspecified atom stereocenters. The number of quaternary nitrogens is 1. The molecule has 0 aliphatic carbocycles. The van der Waals surface area contributed by atoms with Crippen molar-refractivity contribution in [2.24, 2.45) is 5.92 Å². The van der Waals surface area contributed by atoms with Gasteiger partial charge >= 0.3 is 5.97 Å². The molecule has 1 aliphatic heterocycles.